The first-order valence-electron chi connectivity index (χ1n) is 7.12. The number of nitrogens with two attached hydrogens (primary N) is 1. The van der Waals surface area contributed by atoms with Crippen LogP contribution < -0.4 is 15.8 Å². The molecule has 0 aliphatic heterocycles. The zero-order valence-corrected chi connectivity index (χ0v) is 12.5. The number of hydrogen-bond donors (Lipinski definition) is 2. The van der Waals surface area contributed by atoms with Crippen LogP contribution in [0, 0.1) is 0 Å². The van der Waals surface area contributed by atoms with Gasteiger partial charge in [-0.3, -0.25) is 4.79 Å². The first-order valence-corrected chi connectivity index (χ1v) is 7.12. The minimum absolute atomic E-state index is 0.327. The summed E-state index contributed by atoms with van der Waals surface area (Å²) in [5.41, 5.74) is 6.43. The Kier molecular flexibility index (Phi) is 5.99. The SMILES string of the molecule is Nc1ccc(C(=O)OCC(=O)NCCOc2ccccc2)cc1. The molecule has 23 heavy (non-hydrogen) atoms. The molecule has 6 heteroatoms. The Hall–Kier alpha value is -3.02. The van der Waals surface area contributed by atoms with E-state index < -0.39 is 5.97 Å². The van der Waals surface area contributed by atoms with Gasteiger partial charge in [-0.2, -0.15) is 0 Å². The van der Waals surface area contributed by atoms with Crippen molar-refractivity contribution in [3.8, 4) is 5.75 Å². The fourth-order valence-corrected chi connectivity index (χ4v) is 1.76. The highest BCUT2D eigenvalue weighted by Crippen LogP contribution is 2.08. The van der Waals surface area contributed by atoms with Crippen molar-refractivity contribution in [2.24, 2.45) is 0 Å². The highest BCUT2D eigenvalue weighted by Gasteiger charge is 2.09. The summed E-state index contributed by atoms with van der Waals surface area (Å²) in [5, 5.41) is 2.61. The van der Waals surface area contributed by atoms with Gasteiger partial charge in [0.25, 0.3) is 5.91 Å². The molecule has 2 aromatic rings. The number of para-hydroxylation sites is 1. The number of carbonyl (C=O) groups excluding carboxylic acids is 2. The molecule has 0 bridgehead atoms. The molecule has 0 saturated heterocycles. The van der Waals surface area contributed by atoms with E-state index in [0.717, 1.165) is 5.75 Å². The number of esters is 1. The summed E-state index contributed by atoms with van der Waals surface area (Å²) in [4.78, 5) is 23.3. The number of nitrogens with one attached hydrogen (secondary N) is 1. The van der Waals surface area contributed by atoms with Crippen LogP contribution in [-0.4, -0.2) is 31.6 Å². The van der Waals surface area contributed by atoms with Crippen molar-refractivity contribution in [3.63, 3.8) is 0 Å². The van der Waals surface area contributed by atoms with Crippen molar-refractivity contribution in [1.29, 1.82) is 0 Å². The number of ether oxygens (including phenoxy) is 2. The smallest absolute Gasteiger partial charge is 0.338 e. The minimum Gasteiger partial charge on any atom is -0.492 e. The molecule has 0 aliphatic carbocycles. The van der Waals surface area contributed by atoms with Crippen LogP contribution in [0.3, 0.4) is 0 Å². The Balaban J connectivity index is 1.63. The van der Waals surface area contributed by atoms with Gasteiger partial charge >= 0.3 is 5.97 Å². The predicted octanol–water partition coefficient (Wildman–Crippen LogP) is 1.62. The van der Waals surface area contributed by atoms with E-state index >= 15 is 0 Å². The van der Waals surface area contributed by atoms with E-state index in [0.29, 0.717) is 24.4 Å². The lowest BCUT2D eigenvalue weighted by Crippen LogP contribution is -2.32. The van der Waals surface area contributed by atoms with Gasteiger partial charge in [0.15, 0.2) is 6.61 Å². The maximum atomic E-state index is 11.7. The normalized spacial score (nSPS) is 9.91. The number of rotatable bonds is 7. The lowest BCUT2D eigenvalue weighted by molar-refractivity contribution is -0.124. The molecule has 0 aromatic heterocycles. The third-order valence-corrected chi connectivity index (χ3v) is 2.92. The fourth-order valence-electron chi connectivity index (χ4n) is 1.76. The van der Waals surface area contributed by atoms with Crippen molar-refractivity contribution < 1.29 is 19.1 Å². The largest absolute Gasteiger partial charge is 0.492 e. The summed E-state index contributed by atoms with van der Waals surface area (Å²) in [6.45, 7) is 0.323. The summed E-state index contributed by atoms with van der Waals surface area (Å²) < 4.78 is 10.3. The van der Waals surface area contributed by atoms with Gasteiger partial charge in [-0.25, -0.2) is 4.79 Å². The van der Waals surface area contributed by atoms with Gasteiger partial charge in [-0.1, -0.05) is 18.2 Å². The molecule has 0 spiro atoms. The second-order valence-corrected chi connectivity index (χ2v) is 4.71. The first-order chi connectivity index (χ1) is 11.1. The second kappa shape index (κ2) is 8.43. The van der Waals surface area contributed by atoms with E-state index in [9.17, 15) is 9.59 Å². The number of hydrogen-bond acceptors (Lipinski definition) is 5. The number of carbonyl (C=O) groups is 2. The van der Waals surface area contributed by atoms with Crippen LogP contribution in [0.15, 0.2) is 54.6 Å². The van der Waals surface area contributed by atoms with Crippen LogP contribution >= 0.6 is 0 Å². The van der Waals surface area contributed by atoms with Crippen LogP contribution in [0.25, 0.3) is 0 Å². The topological polar surface area (TPSA) is 90.7 Å². The average molecular weight is 314 g/mol. The molecular formula is C17H18N2O4. The van der Waals surface area contributed by atoms with Gasteiger partial charge in [-0.15, -0.1) is 0 Å². The Bertz CT molecular complexity index is 641. The van der Waals surface area contributed by atoms with Gasteiger partial charge in [0, 0.05) is 5.69 Å². The number of nitrogen functional groups attached to an aromatic ring is 1. The molecule has 2 aromatic carbocycles. The standard InChI is InChI=1S/C17H18N2O4/c18-14-8-6-13(7-9-14)17(21)23-12-16(20)19-10-11-22-15-4-2-1-3-5-15/h1-9H,10-12,18H2,(H,19,20). The molecule has 0 unspecified atom stereocenters. The summed E-state index contributed by atoms with van der Waals surface area (Å²) in [6.07, 6.45) is 0. The third kappa shape index (κ3) is 5.70. The summed E-state index contributed by atoms with van der Waals surface area (Å²) in [5.74, 6) is -0.220. The monoisotopic (exact) mass is 314 g/mol. The van der Waals surface area contributed by atoms with Gasteiger partial charge in [0.05, 0.1) is 12.1 Å². The minimum atomic E-state index is -0.569. The van der Waals surface area contributed by atoms with Gasteiger partial charge < -0.3 is 20.5 Å². The number of benzene rings is 2. The lowest BCUT2D eigenvalue weighted by Gasteiger charge is -2.08. The molecule has 120 valence electrons. The van der Waals surface area contributed by atoms with Crippen molar-refractivity contribution in [2.45, 2.75) is 0 Å². The second-order valence-electron chi connectivity index (χ2n) is 4.71. The van der Waals surface area contributed by atoms with Gasteiger partial charge in [0.2, 0.25) is 0 Å². The van der Waals surface area contributed by atoms with Crippen molar-refractivity contribution >= 4 is 17.6 Å². The molecule has 1 amide bonds. The van der Waals surface area contributed by atoms with E-state index in [4.69, 9.17) is 15.2 Å². The Morgan fingerprint density at radius 1 is 1.00 bits per heavy atom. The van der Waals surface area contributed by atoms with Crippen LogP contribution in [0.5, 0.6) is 5.75 Å². The van der Waals surface area contributed by atoms with Crippen LogP contribution in [0.4, 0.5) is 5.69 Å². The third-order valence-electron chi connectivity index (χ3n) is 2.92. The lowest BCUT2D eigenvalue weighted by atomic mass is 10.2. The molecule has 0 saturated carbocycles. The number of amides is 1. The fraction of sp³-hybridized carbons (Fsp3) is 0.176. The Morgan fingerprint density at radius 2 is 1.70 bits per heavy atom. The number of anilines is 1. The molecule has 6 nitrogen and oxygen atoms in total. The van der Waals surface area contributed by atoms with Gasteiger partial charge in [-0.05, 0) is 36.4 Å². The van der Waals surface area contributed by atoms with Gasteiger partial charge in [0.1, 0.15) is 12.4 Å². The molecule has 0 fully saturated rings. The van der Waals surface area contributed by atoms with Crippen LogP contribution in [0.2, 0.25) is 0 Å². The molecule has 3 N–H and O–H groups in total. The van der Waals surface area contributed by atoms with E-state index in [2.05, 4.69) is 5.32 Å². The molecule has 2 rings (SSSR count). The average Bonchev–Trinajstić information content (AvgIpc) is 2.58. The maximum absolute atomic E-state index is 11.7. The van der Waals surface area contributed by atoms with E-state index in [1.807, 2.05) is 30.3 Å². The van der Waals surface area contributed by atoms with E-state index in [1.165, 1.54) is 0 Å². The zero-order valence-electron chi connectivity index (χ0n) is 12.5. The molecule has 0 radical (unpaired) electrons. The Morgan fingerprint density at radius 3 is 2.39 bits per heavy atom. The molecular weight excluding hydrogens is 296 g/mol. The summed E-state index contributed by atoms with van der Waals surface area (Å²) in [7, 11) is 0. The highest BCUT2D eigenvalue weighted by molar-refractivity contribution is 5.91. The zero-order chi connectivity index (χ0) is 16.5. The molecule has 0 heterocycles. The van der Waals surface area contributed by atoms with Crippen molar-refractivity contribution in [2.75, 3.05) is 25.5 Å². The quantitative estimate of drug-likeness (QED) is 0.460. The van der Waals surface area contributed by atoms with Crippen LogP contribution in [-0.2, 0) is 9.53 Å². The van der Waals surface area contributed by atoms with E-state index in [-0.39, 0.29) is 12.5 Å². The summed E-state index contributed by atoms with van der Waals surface area (Å²) in [6, 6.07) is 15.6. The van der Waals surface area contributed by atoms with Crippen molar-refractivity contribution in [3.05, 3.63) is 60.2 Å². The maximum Gasteiger partial charge on any atom is 0.338 e. The first kappa shape index (κ1) is 16.4. The predicted molar refractivity (Wildman–Crippen MR) is 86.1 cm³/mol. The highest BCUT2D eigenvalue weighted by atomic mass is 16.5. The molecule has 0 aliphatic rings. The molecule has 0 atom stereocenters. The van der Waals surface area contributed by atoms with E-state index in [1.54, 1.807) is 24.3 Å². The Labute approximate surface area is 134 Å². The van der Waals surface area contributed by atoms with Crippen LogP contribution in [0.1, 0.15) is 10.4 Å². The summed E-state index contributed by atoms with van der Waals surface area (Å²) >= 11 is 0. The van der Waals surface area contributed by atoms with Crippen molar-refractivity contribution in [1.82, 2.24) is 5.32 Å².